The molecule has 3 heteroatoms. The third-order valence-corrected chi connectivity index (χ3v) is 3.93. The monoisotopic (exact) mass is 256 g/mol. The van der Waals surface area contributed by atoms with Gasteiger partial charge in [0, 0.05) is 19.0 Å². The maximum absolute atomic E-state index is 12.3. The Morgan fingerprint density at radius 3 is 2.11 bits per heavy atom. The van der Waals surface area contributed by atoms with Crippen LogP contribution in [0.2, 0.25) is 0 Å². The maximum Gasteiger partial charge on any atom is 0.239 e. The molecule has 0 heterocycles. The standard InChI is InChI=1S/C15H32N2O/c1-9-10-17(8)16-13(18)15(6,7)11-14(4,5)12(2)3/h12H,9-11H2,1-8H3,(H,16,18). The summed E-state index contributed by atoms with van der Waals surface area (Å²) < 4.78 is 0. The molecule has 1 N–H and O–H groups in total. The van der Waals surface area contributed by atoms with Gasteiger partial charge in [-0.05, 0) is 24.2 Å². The van der Waals surface area contributed by atoms with Crippen molar-refractivity contribution in [2.75, 3.05) is 13.6 Å². The first-order valence-corrected chi connectivity index (χ1v) is 7.05. The number of amides is 1. The Kier molecular flexibility index (Phi) is 6.35. The molecular formula is C15H32N2O. The molecule has 0 fully saturated rings. The number of nitrogens with one attached hydrogen (secondary N) is 1. The summed E-state index contributed by atoms with van der Waals surface area (Å²) in [5, 5.41) is 1.88. The van der Waals surface area contributed by atoms with Gasteiger partial charge in [0.1, 0.15) is 0 Å². The molecular weight excluding hydrogens is 224 g/mol. The highest BCUT2D eigenvalue weighted by atomic mass is 16.2. The van der Waals surface area contributed by atoms with Crippen LogP contribution in [0.4, 0.5) is 0 Å². The van der Waals surface area contributed by atoms with Crippen molar-refractivity contribution in [3.63, 3.8) is 0 Å². The molecule has 0 radical (unpaired) electrons. The molecule has 0 atom stereocenters. The Morgan fingerprint density at radius 2 is 1.72 bits per heavy atom. The number of carbonyl (C=O) groups excluding carboxylic acids is 1. The number of hydrogen-bond donors (Lipinski definition) is 1. The van der Waals surface area contributed by atoms with Gasteiger partial charge in [-0.1, -0.05) is 48.5 Å². The van der Waals surface area contributed by atoms with Gasteiger partial charge in [0.25, 0.3) is 0 Å². The summed E-state index contributed by atoms with van der Waals surface area (Å²) in [7, 11) is 1.92. The molecule has 0 aliphatic rings. The van der Waals surface area contributed by atoms with Crippen LogP contribution in [0.1, 0.15) is 61.3 Å². The van der Waals surface area contributed by atoms with E-state index in [1.54, 1.807) is 0 Å². The fourth-order valence-electron chi connectivity index (χ4n) is 2.14. The van der Waals surface area contributed by atoms with Crippen molar-refractivity contribution in [1.82, 2.24) is 10.4 Å². The van der Waals surface area contributed by atoms with E-state index in [1.807, 2.05) is 25.9 Å². The van der Waals surface area contributed by atoms with Crippen molar-refractivity contribution in [3.8, 4) is 0 Å². The first-order valence-electron chi connectivity index (χ1n) is 7.05. The quantitative estimate of drug-likeness (QED) is 0.708. The highest BCUT2D eigenvalue weighted by Crippen LogP contribution is 2.39. The number of hydrogen-bond acceptors (Lipinski definition) is 2. The van der Waals surface area contributed by atoms with Gasteiger partial charge in [0.05, 0.1) is 0 Å². The van der Waals surface area contributed by atoms with Crippen molar-refractivity contribution in [2.24, 2.45) is 16.7 Å². The Balaban J connectivity index is 4.58. The molecule has 0 saturated carbocycles. The van der Waals surface area contributed by atoms with Crippen LogP contribution in [0.15, 0.2) is 0 Å². The first kappa shape index (κ1) is 17.4. The van der Waals surface area contributed by atoms with Gasteiger partial charge < -0.3 is 0 Å². The zero-order valence-corrected chi connectivity index (χ0v) is 13.6. The average Bonchev–Trinajstić information content (AvgIpc) is 2.15. The largest absolute Gasteiger partial charge is 0.289 e. The molecule has 0 aromatic rings. The second kappa shape index (κ2) is 6.55. The van der Waals surface area contributed by atoms with Gasteiger partial charge in [-0.2, -0.15) is 0 Å². The lowest BCUT2D eigenvalue weighted by Gasteiger charge is -2.37. The lowest BCUT2D eigenvalue weighted by molar-refractivity contribution is -0.136. The molecule has 3 nitrogen and oxygen atoms in total. The van der Waals surface area contributed by atoms with Crippen LogP contribution in [0.25, 0.3) is 0 Å². The average molecular weight is 256 g/mol. The summed E-state index contributed by atoms with van der Waals surface area (Å²) in [4.78, 5) is 12.3. The van der Waals surface area contributed by atoms with Crippen molar-refractivity contribution in [3.05, 3.63) is 0 Å². The molecule has 0 aromatic heterocycles. The van der Waals surface area contributed by atoms with E-state index in [-0.39, 0.29) is 16.7 Å². The fourth-order valence-corrected chi connectivity index (χ4v) is 2.14. The van der Waals surface area contributed by atoms with Crippen molar-refractivity contribution < 1.29 is 4.79 Å². The van der Waals surface area contributed by atoms with E-state index >= 15 is 0 Å². The van der Waals surface area contributed by atoms with Gasteiger partial charge in [-0.15, -0.1) is 0 Å². The molecule has 0 aliphatic heterocycles. The second-order valence-corrected chi connectivity index (χ2v) is 7.07. The predicted molar refractivity (Wildman–Crippen MR) is 78.1 cm³/mol. The zero-order chi connectivity index (χ0) is 14.6. The van der Waals surface area contributed by atoms with Crippen LogP contribution in [-0.4, -0.2) is 24.5 Å². The molecule has 18 heavy (non-hydrogen) atoms. The topological polar surface area (TPSA) is 32.3 Å². The Bertz CT molecular complexity index is 270. The minimum atomic E-state index is -0.338. The predicted octanol–water partition coefficient (Wildman–Crippen LogP) is 3.46. The van der Waals surface area contributed by atoms with Gasteiger partial charge in [0.2, 0.25) is 5.91 Å². The smallest absolute Gasteiger partial charge is 0.239 e. The van der Waals surface area contributed by atoms with Gasteiger partial charge in [-0.25, -0.2) is 5.01 Å². The Hall–Kier alpha value is -0.570. The van der Waals surface area contributed by atoms with E-state index in [0.29, 0.717) is 5.92 Å². The van der Waals surface area contributed by atoms with E-state index < -0.39 is 0 Å². The van der Waals surface area contributed by atoms with Crippen molar-refractivity contribution in [2.45, 2.75) is 61.3 Å². The van der Waals surface area contributed by atoms with E-state index in [1.165, 1.54) is 0 Å². The molecule has 0 aliphatic carbocycles. The van der Waals surface area contributed by atoms with E-state index in [0.717, 1.165) is 19.4 Å². The van der Waals surface area contributed by atoms with Crippen LogP contribution in [0.3, 0.4) is 0 Å². The van der Waals surface area contributed by atoms with E-state index in [9.17, 15) is 4.79 Å². The highest BCUT2D eigenvalue weighted by Gasteiger charge is 2.36. The van der Waals surface area contributed by atoms with Gasteiger partial charge >= 0.3 is 0 Å². The van der Waals surface area contributed by atoms with Crippen LogP contribution >= 0.6 is 0 Å². The molecule has 0 rings (SSSR count). The van der Waals surface area contributed by atoms with Crippen molar-refractivity contribution in [1.29, 1.82) is 0 Å². The molecule has 108 valence electrons. The lowest BCUT2D eigenvalue weighted by atomic mass is 9.69. The second-order valence-electron chi connectivity index (χ2n) is 7.07. The first-order chi connectivity index (χ1) is 8.03. The third-order valence-electron chi connectivity index (χ3n) is 3.93. The van der Waals surface area contributed by atoms with Crippen molar-refractivity contribution >= 4 is 5.91 Å². The minimum Gasteiger partial charge on any atom is -0.289 e. The number of carbonyl (C=O) groups is 1. The van der Waals surface area contributed by atoms with E-state index in [2.05, 4.69) is 40.0 Å². The fraction of sp³-hybridized carbons (Fsp3) is 0.933. The summed E-state index contributed by atoms with van der Waals surface area (Å²) in [6, 6.07) is 0. The zero-order valence-electron chi connectivity index (χ0n) is 13.6. The number of hydrazine groups is 1. The summed E-state index contributed by atoms with van der Waals surface area (Å²) in [5.74, 6) is 0.685. The minimum absolute atomic E-state index is 0.118. The van der Waals surface area contributed by atoms with Crippen LogP contribution in [0.5, 0.6) is 0 Å². The van der Waals surface area contributed by atoms with Crippen LogP contribution < -0.4 is 5.43 Å². The summed E-state index contributed by atoms with van der Waals surface area (Å²) in [6.45, 7) is 16.0. The molecule has 0 saturated heterocycles. The maximum atomic E-state index is 12.3. The lowest BCUT2D eigenvalue weighted by Crippen LogP contribution is -2.47. The molecule has 1 amide bonds. The number of rotatable bonds is 7. The molecule has 0 bridgehead atoms. The molecule has 0 spiro atoms. The number of nitrogens with zero attached hydrogens (tertiary/aromatic N) is 1. The van der Waals surface area contributed by atoms with Crippen LogP contribution in [0, 0.1) is 16.7 Å². The third kappa shape index (κ3) is 5.38. The molecule has 0 aromatic carbocycles. The molecule has 0 unspecified atom stereocenters. The highest BCUT2D eigenvalue weighted by molar-refractivity contribution is 5.81. The van der Waals surface area contributed by atoms with Gasteiger partial charge in [-0.3, -0.25) is 10.2 Å². The van der Waals surface area contributed by atoms with Crippen LogP contribution in [-0.2, 0) is 4.79 Å². The van der Waals surface area contributed by atoms with Gasteiger partial charge in [0.15, 0.2) is 0 Å². The SMILES string of the molecule is CCCN(C)NC(=O)C(C)(C)CC(C)(C)C(C)C. The Morgan fingerprint density at radius 1 is 1.22 bits per heavy atom. The van der Waals surface area contributed by atoms with E-state index in [4.69, 9.17) is 0 Å². The normalized spacial score (nSPS) is 13.2. The summed E-state index contributed by atoms with van der Waals surface area (Å²) >= 11 is 0. The summed E-state index contributed by atoms with van der Waals surface area (Å²) in [5.41, 5.74) is 2.81. The Labute approximate surface area is 113 Å². The summed E-state index contributed by atoms with van der Waals surface area (Å²) in [6.07, 6.45) is 1.93.